The molecule has 0 bridgehead atoms. The summed E-state index contributed by atoms with van der Waals surface area (Å²) in [5.41, 5.74) is 2.62. The third-order valence-electron chi connectivity index (χ3n) is 4.29. The smallest absolute Gasteiger partial charge is 0.252 e. The SMILES string of the molecule is CN1CCN(C(=O)C=Cc2ccccc2)c2nc3ccccc3nc21. The van der Waals surface area contributed by atoms with Crippen LogP contribution in [0, 0.1) is 0 Å². The van der Waals surface area contributed by atoms with Gasteiger partial charge >= 0.3 is 0 Å². The Morgan fingerprint density at radius 2 is 1.56 bits per heavy atom. The highest BCUT2D eigenvalue weighted by Crippen LogP contribution is 2.30. The lowest BCUT2D eigenvalue weighted by Crippen LogP contribution is -2.43. The molecule has 2 aromatic carbocycles. The Kier molecular flexibility index (Phi) is 3.90. The minimum absolute atomic E-state index is 0.0808. The molecule has 25 heavy (non-hydrogen) atoms. The molecule has 1 amide bonds. The van der Waals surface area contributed by atoms with Crippen molar-refractivity contribution >= 4 is 34.7 Å². The van der Waals surface area contributed by atoms with Crippen molar-refractivity contribution in [1.82, 2.24) is 9.97 Å². The molecule has 0 atom stereocenters. The second kappa shape index (κ2) is 6.36. The summed E-state index contributed by atoms with van der Waals surface area (Å²) in [4.78, 5) is 25.9. The normalized spacial score (nSPS) is 14.1. The molecular formula is C20H18N4O. The van der Waals surface area contributed by atoms with Gasteiger partial charge in [0.2, 0.25) is 0 Å². The van der Waals surface area contributed by atoms with E-state index < -0.39 is 0 Å². The maximum absolute atomic E-state index is 12.7. The Morgan fingerprint density at radius 3 is 2.28 bits per heavy atom. The monoisotopic (exact) mass is 330 g/mol. The number of fused-ring (bicyclic) bond motifs is 2. The molecule has 124 valence electrons. The van der Waals surface area contributed by atoms with Gasteiger partial charge < -0.3 is 4.90 Å². The number of rotatable bonds is 2. The van der Waals surface area contributed by atoms with E-state index in [1.165, 1.54) is 0 Å². The molecule has 5 heteroatoms. The number of nitrogens with zero attached hydrogens (tertiary/aromatic N) is 4. The lowest BCUT2D eigenvalue weighted by molar-refractivity contribution is -0.114. The summed E-state index contributed by atoms with van der Waals surface area (Å²) >= 11 is 0. The van der Waals surface area contributed by atoms with E-state index in [0.717, 1.165) is 29.0 Å². The molecule has 2 heterocycles. The highest BCUT2D eigenvalue weighted by atomic mass is 16.2. The lowest BCUT2D eigenvalue weighted by atomic mass is 10.2. The molecule has 3 aromatic rings. The number of likely N-dealkylation sites (N-methyl/N-ethyl adjacent to an activating group) is 1. The van der Waals surface area contributed by atoms with Gasteiger partial charge in [-0.05, 0) is 23.8 Å². The van der Waals surface area contributed by atoms with Gasteiger partial charge in [0, 0.05) is 26.2 Å². The van der Waals surface area contributed by atoms with Gasteiger partial charge in [0.1, 0.15) is 0 Å². The number of hydrogen-bond donors (Lipinski definition) is 0. The van der Waals surface area contributed by atoms with Crippen LogP contribution < -0.4 is 9.80 Å². The Balaban J connectivity index is 1.70. The molecule has 0 aliphatic carbocycles. The predicted octanol–water partition coefficient (Wildman–Crippen LogP) is 3.13. The van der Waals surface area contributed by atoms with E-state index in [1.54, 1.807) is 11.0 Å². The quantitative estimate of drug-likeness (QED) is 0.678. The van der Waals surface area contributed by atoms with E-state index in [-0.39, 0.29) is 5.91 Å². The van der Waals surface area contributed by atoms with Crippen molar-refractivity contribution in [2.24, 2.45) is 0 Å². The van der Waals surface area contributed by atoms with Gasteiger partial charge in [0.15, 0.2) is 11.6 Å². The summed E-state index contributed by atoms with van der Waals surface area (Å²) < 4.78 is 0. The van der Waals surface area contributed by atoms with Gasteiger partial charge in [-0.3, -0.25) is 9.69 Å². The summed E-state index contributed by atoms with van der Waals surface area (Å²) in [5, 5.41) is 0. The topological polar surface area (TPSA) is 49.3 Å². The molecule has 0 saturated carbocycles. The average molecular weight is 330 g/mol. The maximum atomic E-state index is 12.7. The van der Waals surface area contributed by atoms with Crippen LogP contribution in [0.1, 0.15) is 5.56 Å². The first-order valence-corrected chi connectivity index (χ1v) is 8.25. The summed E-state index contributed by atoms with van der Waals surface area (Å²) in [6, 6.07) is 17.5. The third kappa shape index (κ3) is 2.96. The number of anilines is 2. The van der Waals surface area contributed by atoms with Crippen molar-refractivity contribution in [3.63, 3.8) is 0 Å². The molecule has 5 nitrogen and oxygen atoms in total. The third-order valence-corrected chi connectivity index (χ3v) is 4.29. The number of aromatic nitrogens is 2. The van der Waals surface area contributed by atoms with E-state index >= 15 is 0 Å². The standard InChI is InChI=1S/C20H18N4O/c1-23-13-14-24(18(25)12-11-15-7-3-2-4-8-15)20-19(23)21-16-9-5-6-10-17(16)22-20/h2-12H,13-14H2,1H3. The molecule has 0 radical (unpaired) electrons. The number of hydrogen-bond acceptors (Lipinski definition) is 4. The molecule has 1 aromatic heterocycles. The Bertz CT molecular complexity index is 952. The van der Waals surface area contributed by atoms with E-state index in [4.69, 9.17) is 9.97 Å². The van der Waals surface area contributed by atoms with Gasteiger partial charge in [0.25, 0.3) is 5.91 Å². The Morgan fingerprint density at radius 1 is 0.920 bits per heavy atom. The first kappa shape index (κ1) is 15.3. The lowest BCUT2D eigenvalue weighted by Gasteiger charge is -2.33. The molecule has 1 aliphatic rings. The van der Waals surface area contributed by atoms with Crippen molar-refractivity contribution in [2.75, 3.05) is 29.9 Å². The molecule has 0 spiro atoms. The van der Waals surface area contributed by atoms with Crippen LogP contribution in [0.3, 0.4) is 0 Å². The van der Waals surface area contributed by atoms with Crippen molar-refractivity contribution in [3.8, 4) is 0 Å². The highest BCUT2D eigenvalue weighted by molar-refractivity contribution is 6.05. The summed E-state index contributed by atoms with van der Waals surface area (Å²) in [6.45, 7) is 1.32. The first-order valence-electron chi connectivity index (χ1n) is 8.25. The van der Waals surface area contributed by atoms with Crippen LogP contribution in [0.4, 0.5) is 11.6 Å². The zero-order valence-electron chi connectivity index (χ0n) is 14.0. The molecule has 0 saturated heterocycles. The van der Waals surface area contributed by atoms with Gasteiger partial charge in [-0.25, -0.2) is 9.97 Å². The molecule has 0 fully saturated rings. The van der Waals surface area contributed by atoms with E-state index in [2.05, 4.69) is 0 Å². The Labute approximate surface area is 146 Å². The summed E-state index contributed by atoms with van der Waals surface area (Å²) in [5.74, 6) is 1.28. The number of carbonyl (C=O) groups excluding carboxylic acids is 1. The minimum atomic E-state index is -0.0808. The van der Waals surface area contributed by atoms with E-state index in [9.17, 15) is 4.79 Å². The molecule has 0 N–H and O–H groups in total. The van der Waals surface area contributed by atoms with Gasteiger partial charge in [0.05, 0.1) is 11.0 Å². The highest BCUT2D eigenvalue weighted by Gasteiger charge is 2.27. The van der Waals surface area contributed by atoms with Gasteiger partial charge in [-0.15, -0.1) is 0 Å². The van der Waals surface area contributed by atoms with Crippen LogP contribution in [-0.4, -0.2) is 36.0 Å². The van der Waals surface area contributed by atoms with Crippen LogP contribution >= 0.6 is 0 Å². The van der Waals surface area contributed by atoms with Crippen molar-refractivity contribution < 1.29 is 4.79 Å². The van der Waals surface area contributed by atoms with Crippen molar-refractivity contribution in [2.45, 2.75) is 0 Å². The fraction of sp³-hybridized carbons (Fsp3) is 0.150. The molecule has 0 unspecified atom stereocenters. The van der Waals surface area contributed by atoms with Gasteiger partial charge in [-0.2, -0.15) is 0 Å². The number of para-hydroxylation sites is 2. The van der Waals surface area contributed by atoms with E-state index in [1.807, 2.05) is 72.6 Å². The predicted molar refractivity (Wildman–Crippen MR) is 101 cm³/mol. The number of amides is 1. The number of benzene rings is 2. The summed E-state index contributed by atoms with van der Waals surface area (Å²) in [7, 11) is 1.98. The second-order valence-electron chi connectivity index (χ2n) is 6.01. The fourth-order valence-electron chi connectivity index (χ4n) is 2.92. The average Bonchev–Trinajstić information content (AvgIpc) is 2.66. The van der Waals surface area contributed by atoms with Gasteiger partial charge in [-0.1, -0.05) is 42.5 Å². The molecule has 4 rings (SSSR count). The van der Waals surface area contributed by atoms with Crippen LogP contribution in [-0.2, 0) is 4.79 Å². The zero-order valence-corrected chi connectivity index (χ0v) is 14.0. The van der Waals surface area contributed by atoms with Crippen molar-refractivity contribution in [3.05, 3.63) is 66.2 Å². The summed E-state index contributed by atoms with van der Waals surface area (Å²) in [6.07, 6.45) is 3.43. The zero-order chi connectivity index (χ0) is 17.2. The van der Waals surface area contributed by atoms with E-state index in [0.29, 0.717) is 12.4 Å². The van der Waals surface area contributed by atoms with Crippen LogP contribution in [0.5, 0.6) is 0 Å². The maximum Gasteiger partial charge on any atom is 0.252 e. The largest absolute Gasteiger partial charge is 0.355 e. The van der Waals surface area contributed by atoms with Crippen LogP contribution in [0.2, 0.25) is 0 Å². The Hall–Kier alpha value is -3.21. The number of carbonyl (C=O) groups is 1. The first-order chi connectivity index (χ1) is 12.2. The minimum Gasteiger partial charge on any atom is -0.355 e. The molecule has 1 aliphatic heterocycles. The van der Waals surface area contributed by atoms with Crippen molar-refractivity contribution in [1.29, 1.82) is 0 Å². The molecular weight excluding hydrogens is 312 g/mol. The van der Waals surface area contributed by atoms with Crippen LogP contribution in [0.15, 0.2) is 60.7 Å². The second-order valence-corrected chi connectivity index (χ2v) is 6.01. The van der Waals surface area contributed by atoms with Crippen LogP contribution in [0.25, 0.3) is 17.1 Å². The fourth-order valence-corrected chi connectivity index (χ4v) is 2.92.